The van der Waals surface area contributed by atoms with Crippen molar-refractivity contribution in [2.75, 3.05) is 14.2 Å². The number of nitrogens with zero attached hydrogens (tertiary/aromatic N) is 1. The summed E-state index contributed by atoms with van der Waals surface area (Å²) >= 11 is 0. The summed E-state index contributed by atoms with van der Waals surface area (Å²) in [6, 6.07) is 5.76. The van der Waals surface area contributed by atoms with Gasteiger partial charge in [0.05, 0.1) is 32.0 Å². The lowest BCUT2D eigenvalue weighted by atomic mass is 9.99. The number of benzene rings is 1. The summed E-state index contributed by atoms with van der Waals surface area (Å²) in [6.45, 7) is 0. The fraction of sp³-hybridized carbons (Fsp3) is 0.214. The first-order valence-corrected chi connectivity index (χ1v) is 5.98. The lowest BCUT2D eigenvalue weighted by Gasteiger charge is -2.20. The topological polar surface area (TPSA) is 69.4 Å². The van der Waals surface area contributed by atoms with Gasteiger partial charge in [-0.1, -0.05) is 6.07 Å². The fourth-order valence-electron chi connectivity index (χ4n) is 2.03. The molecule has 0 bridgehead atoms. The van der Waals surface area contributed by atoms with Gasteiger partial charge in [0.2, 0.25) is 0 Å². The highest BCUT2D eigenvalue weighted by molar-refractivity contribution is 5.43. The van der Waals surface area contributed by atoms with Gasteiger partial charge in [-0.3, -0.25) is 10.8 Å². The van der Waals surface area contributed by atoms with Crippen LogP contribution in [-0.4, -0.2) is 19.2 Å². The Bertz CT molecular complexity index is 592. The Hall–Kier alpha value is -2.18. The average Bonchev–Trinajstić information content (AvgIpc) is 2.49. The number of rotatable bonds is 5. The number of hydrogen-bond acceptors (Lipinski definition) is 5. The second-order valence-corrected chi connectivity index (χ2v) is 4.11. The normalized spacial score (nSPS) is 12.0. The monoisotopic (exact) mass is 277 g/mol. The summed E-state index contributed by atoms with van der Waals surface area (Å²) in [4.78, 5) is 4.05. The molecule has 6 heteroatoms. The molecule has 1 atom stereocenters. The average molecular weight is 277 g/mol. The smallest absolute Gasteiger partial charge is 0.137 e. The van der Waals surface area contributed by atoms with E-state index in [1.807, 2.05) is 0 Å². The molecule has 0 saturated carbocycles. The number of halogens is 1. The Morgan fingerprint density at radius 1 is 1.25 bits per heavy atom. The maximum Gasteiger partial charge on any atom is 0.137 e. The molecule has 0 aliphatic heterocycles. The summed E-state index contributed by atoms with van der Waals surface area (Å²) in [7, 11) is 3.02. The van der Waals surface area contributed by atoms with Crippen LogP contribution in [0.1, 0.15) is 17.2 Å². The van der Waals surface area contributed by atoms with E-state index in [4.69, 9.17) is 15.3 Å². The minimum atomic E-state index is -0.589. The number of hydrogen-bond donors (Lipinski definition) is 2. The number of hydrazine groups is 1. The number of pyridine rings is 1. The van der Waals surface area contributed by atoms with E-state index in [2.05, 4.69) is 10.4 Å². The molecule has 1 unspecified atom stereocenters. The zero-order chi connectivity index (χ0) is 14.5. The van der Waals surface area contributed by atoms with Gasteiger partial charge in [-0.15, -0.1) is 0 Å². The molecule has 0 spiro atoms. The van der Waals surface area contributed by atoms with Gasteiger partial charge in [0.1, 0.15) is 17.3 Å². The number of methoxy groups -OCH3 is 2. The summed E-state index contributed by atoms with van der Waals surface area (Å²) < 4.78 is 24.4. The van der Waals surface area contributed by atoms with Crippen LogP contribution in [0.2, 0.25) is 0 Å². The third-order valence-corrected chi connectivity index (χ3v) is 2.99. The summed E-state index contributed by atoms with van der Waals surface area (Å²) in [5.41, 5.74) is 3.59. The van der Waals surface area contributed by atoms with Crippen molar-refractivity contribution in [3.05, 3.63) is 53.6 Å². The molecule has 20 heavy (non-hydrogen) atoms. The van der Waals surface area contributed by atoms with Crippen LogP contribution in [0.4, 0.5) is 4.39 Å². The van der Waals surface area contributed by atoms with Gasteiger partial charge in [-0.2, -0.15) is 0 Å². The van der Waals surface area contributed by atoms with Crippen molar-refractivity contribution in [1.82, 2.24) is 10.4 Å². The van der Waals surface area contributed by atoms with Crippen molar-refractivity contribution in [3.63, 3.8) is 0 Å². The lowest BCUT2D eigenvalue weighted by molar-refractivity contribution is 0.395. The van der Waals surface area contributed by atoms with Crippen LogP contribution < -0.4 is 20.7 Å². The van der Waals surface area contributed by atoms with Gasteiger partial charge < -0.3 is 9.47 Å². The van der Waals surface area contributed by atoms with Gasteiger partial charge in [0, 0.05) is 6.20 Å². The molecule has 5 nitrogen and oxygen atoms in total. The molecular weight excluding hydrogens is 261 g/mol. The highest BCUT2D eigenvalue weighted by atomic mass is 19.1. The van der Waals surface area contributed by atoms with Crippen LogP contribution in [0.25, 0.3) is 0 Å². The highest BCUT2D eigenvalue weighted by Crippen LogP contribution is 2.32. The fourth-order valence-corrected chi connectivity index (χ4v) is 2.03. The largest absolute Gasteiger partial charge is 0.496 e. The molecule has 1 heterocycles. The lowest BCUT2D eigenvalue weighted by Crippen LogP contribution is -2.30. The number of nitrogens with two attached hydrogens (primary N) is 1. The van der Waals surface area contributed by atoms with E-state index in [0.29, 0.717) is 22.6 Å². The summed E-state index contributed by atoms with van der Waals surface area (Å²) in [6.07, 6.45) is 3.16. The molecule has 0 fully saturated rings. The third-order valence-electron chi connectivity index (χ3n) is 2.99. The van der Waals surface area contributed by atoms with E-state index >= 15 is 0 Å². The second kappa shape index (κ2) is 6.31. The predicted molar refractivity (Wildman–Crippen MR) is 72.9 cm³/mol. The van der Waals surface area contributed by atoms with Gasteiger partial charge in [0.25, 0.3) is 0 Å². The Balaban J connectivity index is 2.52. The molecular formula is C14H16FN3O2. The zero-order valence-electron chi connectivity index (χ0n) is 11.3. The zero-order valence-corrected chi connectivity index (χ0v) is 11.3. The number of aromatic nitrogens is 1. The van der Waals surface area contributed by atoms with Crippen molar-refractivity contribution in [1.29, 1.82) is 0 Å². The van der Waals surface area contributed by atoms with Crippen molar-refractivity contribution in [2.24, 2.45) is 5.84 Å². The van der Waals surface area contributed by atoms with Crippen LogP contribution in [0.5, 0.6) is 11.5 Å². The van der Waals surface area contributed by atoms with Gasteiger partial charge in [0.15, 0.2) is 0 Å². The first-order valence-electron chi connectivity index (χ1n) is 5.98. The van der Waals surface area contributed by atoms with Crippen LogP contribution in [0.15, 0.2) is 36.7 Å². The summed E-state index contributed by atoms with van der Waals surface area (Å²) in [5, 5.41) is 0. The molecule has 2 aromatic rings. The maximum atomic E-state index is 14.1. The molecule has 0 saturated heterocycles. The predicted octanol–water partition coefficient (Wildman–Crippen LogP) is 1.79. The SMILES string of the molecule is COc1cncc(C(NN)c2c(F)cccc2OC)c1. The number of nitrogens with one attached hydrogen (secondary N) is 1. The van der Waals surface area contributed by atoms with E-state index in [-0.39, 0.29) is 0 Å². The molecule has 1 aromatic carbocycles. The molecule has 106 valence electrons. The Morgan fingerprint density at radius 3 is 2.70 bits per heavy atom. The highest BCUT2D eigenvalue weighted by Gasteiger charge is 2.21. The van der Waals surface area contributed by atoms with E-state index < -0.39 is 11.9 Å². The van der Waals surface area contributed by atoms with Crippen LogP contribution in [0, 0.1) is 5.82 Å². The van der Waals surface area contributed by atoms with E-state index in [1.165, 1.54) is 20.3 Å². The summed E-state index contributed by atoms with van der Waals surface area (Å²) in [5.74, 6) is 6.15. The van der Waals surface area contributed by atoms with Crippen molar-refractivity contribution < 1.29 is 13.9 Å². The van der Waals surface area contributed by atoms with E-state index in [1.54, 1.807) is 30.6 Å². The Kier molecular flexibility index (Phi) is 4.49. The Labute approximate surface area is 116 Å². The molecule has 3 N–H and O–H groups in total. The molecule has 0 amide bonds. The quantitative estimate of drug-likeness (QED) is 0.644. The van der Waals surface area contributed by atoms with Gasteiger partial charge >= 0.3 is 0 Å². The van der Waals surface area contributed by atoms with Crippen molar-refractivity contribution >= 4 is 0 Å². The van der Waals surface area contributed by atoms with E-state index in [9.17, 15) is 4.39 Å². The molecule has 0 aliphatic carbocycles. The van der Waals surface area contributed by atoms with Crippen molar-refractivity contribution in [2.45, 2.75) is 6.04 Å². The number of ether oxygens (including phenoxy) is 2. The maximum absolute atomic E-state index is 14.1. The third kappa shape index (κ3) is 2.71. The molecule has 0 radical (unpaired) electrons. The van der Waals surface area contributed by atoms with Crippen LogP contribution in [-0.2, 0) is 0 Å². The van der Waals surface area contributed by atoms with Crippen LogP contribution >= 0.6 is 0 Å². The second-order valence-electron chi connectivity index (χ2n) is 4.11. The standard InChI is InChI=1S/C14H16FN3O2/c1-19-10-6-9(7-17-8-10)14(18-16)13-11(15)4-3-5-12(13)20-2/h3-8,14,18H,16H2,1-2H3. The first kappa shape index (κ1) is 14.2. The van der Waals surface area contributed by atoms with Crippen molar-refractivity contribution in [3.8, 4) is 11.5 Å². The van der Waals surface area contributed by atoms with Gasteiger partial charge in [-0.05, 0) is 23.8 Å². The first-order chi connectivity index (χ1) is 9.71. The van der Waals surface area contributed by atoms with E-state index in [0.717, 1.165) is 0 Å². The Morgan fingerprint density at radius 2 is 2.05 bits per heavy atom. The molecule has 1 aromatic heterocycles. The molecule has 0 aliphatic rings. The minimum Gasteiger partial charge on any atom is -0.496 e. The molecule has 2 rings (SSSR count). The van der Waals surface area contributed by atoms with Gasteiger partial charge in [-0.25, -0.2) is 9.82 Å². The van der Waals surface area contributed by atoms with Crippen LogP contribution in [0.3, 0.4) is 0 Å². The minimum absolute atomic E-state index is 0.326.